The van der Waals surface area contributed by atoms with E-state index in [1.807, 2.05) is 0 Å². The van der Waals surface area contributed by atoms with Crippen molar-refractivity contribution >= 4 is 27.3 Å². The van der Waals surface area contributed by atoms with Crippen LogP contribution < -0.4 is 15.8 Å². The summed E-state index contributed by atoms with van der Waals surface area (Å²) in [5.41, 5.74) is 1.14. The summed E-state index contributed by atoms with van der Waals surface area (Å²) >= 11 is 0. The Morgan fingerprint density at radius 1 is 1.10 bits per heavy atom. The molecule has 1 aromatic carbocycles. The molecule has 0 unspecified atom stereocenters. The van der Waals surface area contributed by atoms with Crippen LogP contribution in [0.25, 0.3) is 0 Å². The molecule has 0 saturated carbocycles. The van der Waals surface area contributed by atoms with Crippen LogP contribution in [0, 0.1) is 0 Å². The molecule has 0 radical (unpaired) electrons. The summed E-state index contributed by atoms with van der Waals surface area (Å²) in [4.78, 5) is 27.0. The number of amides is 1. The van der Waals surface area contributed by atoms with Crippen LogP contribution in [0.1, 0.15) is 37.0 Å². The number of anilines is 2. The Balaban J connectivity index is 2.01. The van der Waals surface area contributed by atoms with Gasteiger partial charge < -0.3 is 14.8 Å². The highest BCUT2D eigenvalue weighted by Crippen LogP contribution is 2.32. The molecule has 0 spiro atoms. The standard InChI is InChI=1S/C21H28N4O4S/c1-4-25(5-2)30(28,29)17-8-9-19(24-11-6-7-12-24)18(15-17)22-21(27)16-10-13-23(3)20(26)14-16/h8-10,13-15H,4-7,11-12H2,1-3H3,(H,22,27). The van der Waals surface area contributed by atoms with Gasteiger partial charge in [-0.05, 0) is 37.1 Å². The Hall–Kier alpha value is -2.65. The SMILES string of the molecule is CCN(CC)S(=O)(=O)c1ccc(N2CCCC2)c(NC(=O)c2ccn(C)c(=O)c2)c1. The third-order valence-electron chi connectivity index (χ3n) is 5.37. The van der Waals surface area contributed by atoms with Gasteiger partial charge in [-0.25, -0.2) is 8.42 Å². The number of carbonyl (C=O) groups excluding carboxylic acids is 1. The van der Waals surface area contributed by atoms with Gasteiger partial charge in [0.15, 0.2) is 0 Å². The number of aryl methyl sites for hydroxylation is 1. The van der Waals surface area contributed by atoms with Gasteiger partial charge >= 0.3 is 0 Å². The van der Waals surface area contributed by atoms with Gasteiger partial charge in [0.05, 0.1) is 16.3 Å². The van der Waals surface area contributed by atoms with Crippen LogP contribution >= 0.6 is 0 Å². The second-order valence-corrected chi connectivity index (χ2v) is 9.22. The summed E-state index contributed by atoms with van der Waals surface area (Å²) in [7, 11) is -2.06. The van der Waals surface area contributed by atoms with Gasteiger partial charge in [-0.1, -0.05) is 13.8 Å². The van der Waals surface area contributed by atoms with E-state index in [2.05, 4.69) is 10.2 Å². The first-order valence-corrected chi connectivity index (χ1v) is 11.6. The van der Waals surface area contributed by atoms with Crippen molar-refractivity contribution in [1.82, 2.24) is 8.87 Å². The minimum absolute atomic E-state index is 0.133. The molecule has 1 aliphatic rings. The molecule has 0 bridgehead atoms. The molecule has 1 aromatic heterocycles. The van der Waals surface area contributed by atoms with E-state index in [0.717, 1.165) is 31.6 Å². The summed E-state index contributed by atoms with van der Waals surface area (Å²) in [5, 5.41) is 2.83. The number of carbonyl (C=O) groups is 1. The van der Waals surface area contributed by atoms with Crippen molar-refractivity contribution in [2.45, 2.75) is 31.6 Å². The number of benzene rings is 1. The summed E-state index contributed by atoms with van der Waals surface area (Å²) in [6.07, 6.45) is 3.61. The fourth-order valence-corrected chi connectivity index (χ4v) is 5.09. The molecule has 3 rings (SSSR count). The van der Waals surface area contributed by atoms with Gasteiger partial charge in [0.2, 0.25) is 10.0 Å². The molecular weight excluding hydrogens is 404 g/mol. The fourth-order valence-electron chi connectivity index (χ4n) is 3.61. The number of nitrogens with one attached hydrogen (secondary N) is 1. The first-order chi connectivity index (χ1) is 14.3. The van der Waals surface area contributed by atoms with E-state index in [-0.39, 0.29) is 16.0 Å². The Bertz CT molecular complexity index is 1080. The Morgan fingerprint density at radius 2 is 1.77 bits per heavy atom. The summed E-state index contributed by atoms with van der Waals surface area (Å²) < 4.78 is 28.7. The predicted octanol–water partition coefficient (Wildman–Crippen LogP) is 2.27. The molecule has 0 atom stereocenters. The van der Waals surface area contributed by atoms with Crippen molar-refractivity contribution in [2.75, 3.05) is 36.4 Å². The van der Waals surface area contributed by atoms with E-state index in [0.29, 0.717) is 18.8 Å². The third kappa shape index (κ3) is 4.41. The van der Waals surface area contributed by atoms with Gasteiger partial charge in [-0.2, -0.15) is 4.31 Å². The van der Waals surface area contributed by atoms with Crippen LogP contribution in [0.15, 0.2) is 46.2 Å². The number of pyridine rings is 1. The average Bonchev–Trinajstić information content (AvgIpc) is 3.25. The molecule has 2 aromatic rings. The maximum Gasteiger partial charge on any atom is 0.255 e. The predicted molar refractivity (Wildman–Crippen MR) is 118 cm³/mol. The van der Waals surface area contributed by atoms with E-state index in [1.165, 1.54) is 27.2 Å². The Morgan fingerprint density at radius 3 is 2.37 bits per heavy atom. The zero-order valence-electron chi connectivity index (χ0n) is 17.6. The largest absolute Gasteiger partial charge is 0.370 e. The van der Waals surface area contributed by atoms with Crippen LogP contribution in [0.5, 0.6) is 0 Å². The molecule has 8 nitrogen and oxygen atoms in total. The smallest absolute Gasteiger partial charge is 0.255 e. The zero-order chi connectivity index (χ0) is 21.9. The molecule has 1 fully saturated rings. The van der Waals surface area contributed by atoms with E-state index in [9.17, 15) is 18.0 Å². The van der Waals surface area contributed by atoms with E-state index in [4.69, 9.17) is 0 Å². The van der Waals surface area contributed by atoms with E-state index < -0.39 is 15.9 Å². The molecular formula is C21H28N4O4S. The summed E-state index contributed by atoms with van der Waals surface area (Å²) in [6, 6.07) is 7.68. The molecule has 1 aliphatic heterocycles. The van der Waals surface area contributed by atoms with Crippen molar-refractivity contribution in [3.05, 3.63) is 52.4 Å². The van der Waals surface area contributed by atoms with Crippen LogP contribution in [-0.2, 0) is 17.1 Å². The maximum atomic E-state index is 13.0. The molecule has 1 N–H and O–H groups in total. The molecule has 1 saturated heterocycles. The van der Waals surface area contributed by atoms with Crippen molar-refractivity contribution < 1.29 is 13.2 Å². The van der Waals surface area contributed by atoms with Gasteiger partial charge in [-0.15, -0.1) is 0 Å². The number of aromatic nitrogens is 1. The highest BCUT2D eigenvalue weighted by atomic mass is 32.2. The van der Waals surface area contributed by atoms with E-state index in [1.54, 1.807) is 39.1 Å². The average molecular weight is 433 g/mol. The second-order valence-electron chi connectivity index (χ2n) is 7.28. The Labute approximate surface area is 177 Å². The monoisotopic (exact) mass is 432 g/mol. The summed E-state index contributed by atoms with van der Waals surface area (Å²) in [6.45, 7) is 5.99. The molecule has 30 heavy (non-hydrogen) atoms. The van der Waals surface area contributed by atoms with Gasteiger partial charge in [0, 0.05) is 51.1 Å². The quantitative estimate of drug-likeness (QED) is 0.725. The van der Waals surface area contributed by atoms with Gasteiger partial charge in [-0.3, -0.25) is 9.59 Å². The first-order valence-electron chi connectivity index (χ1n) is 10.1. The second kappa shape index (κ2) is 9.01. The number of rotatable bonds is 7. The number of sulfonamides is 1. The van der Waals surface area contributed by atoms with Gasteiger partial charge in [0.1, 0.15) is 0 Å². The molecule has 162 valence electrons. The van der Waals surface area contributed by atoms with Crippen LogP contribution in [0.4, 0.5) is 11.4 Å². The summed E-state index contributed by atoms with van der Waals surface area (Å²) in [5.74, 6) is -0.453. The van der Waals surface area contributed by atoms with Crippen molar-refractivity contribution in [2.24, 2.45) is 7.05 Å². The first kappa shape index (κ1) is 22.0. The third-order valence-corrected chi connectivity index (χ3v) is 7.42. The molecule has 1 amide bonds. The Kier molecular flexibility index (Phi) is 6.62. The lowest BCUT2D eigenvalue weighted by atomic mass is 10.2. The number of hydrogen-bond acceptors (Lipinski definition) is 5. The lowest BCUT2D eigenvalue weighted by Gasteiger charge is -2.24. The lowest BCUT2D eigenvalue weighted by Crippen LogP contribution is -2.31. The number of hydrogen-bond donors (Lipinski definition) is 1. The van der Waals surface area contributed by atoms with E-state index >= 15 is 0 Å². The maximum absolute atomic E-state index is 13.0. The molecule has 9 heteroatoms. The topological polar surface area (TPSA) is 91.7 Å². The fraction of sp³-hybridized carbons (Fsp3) is 0.429. The zero-order valence-corrected chi connectivity index (χ0v) is 18.4. The van der Waals surface area contributed by atoms with Gasteiger partial charge in [0.25, 0.3) is 11.5 Å². The number of nitrogens with zero attached hydrogens (tertiary/aromatic N) is 3. The molecule has 0 aliphatic carbocycles. The highest BCUT2D eigenvalue weighted by Gasteiger charge is 2.25. The van der Waals surface area contributed by atoms with Crippen molar-refractivity contribution in [1.29, 1.82) is 0 Å². The van der Waals surface area contributed by atoms with Crippen LogP contribution in [-0.4, -0.2) is 49.4 Å². The lowest BCUT2D eigenvalue weighted by molar-refractivity contribution is 0.102. The minimum Gasteiger partial charge on any atom is -0.370 e. The highest BCUT2D eigenvalue weighted by molar-refractivity contribution is 7.89. The van der Waals surface area contributed by atoms with Crippen LogP contribution in [0.3, 0.4) is 0 Å². The minimum atomic E-state index is -3.67. The van der Waals surface area contributed by atoms with Crippen molar-refractivity contribution in [3.8, 4) is 0 Å². The van der Waals surface area contributed by atoms with Crippen LogP contribution in [0.2, 0.25) is 0 Å². The van der Waals surface area contributed by atoms with Crippen molar-refractivity contribution in [3.63, 3.8) is 0 Å². The molecule has 2 heterocycles. The normalized spacial score (nSPS) is 14.3.